The first-order chi connectivity index (χ1) is 17.9. The van der Waals surface area contributed by atoms with Crippen molar-refractivity contribution in [1.82, 2.24) is 19.7 Å². The number of rotatable bonds is 8. The molecule has 0 saturated carbocycles. The minimum Gasteiger partial charge on any atom is -0.480 e. The summed E-state index contributed by atoms with van der Waals surface area (Å²) in [6.45, 7) is 0.507. The van der Waals surface area contributed by atoms with Crippen molar-refractivity contribution in [3.8, 4) is 5.69 Å². The molecule has 0 fully saturated rings. The van der Waals surface area contributed by atoms with Crippen molar-refractivity contribution in [3.63, 3.8) is 0 Å². The number of carboxylic acid groups (broad SMARTS) is 1. The van der Waals surface area contributed by atoms with E-state index in [1.807, 2.05) is 24.1 Å². The Kier molecular flexibility index (Phi) is 6.78. The standard InChI is InChI=1S/C26H26FN7O3/c1-32-9-7-19(8-10-32)33(15-26(36)37)25-5-2-17-14-28-24(13-23(17)30-25)29-22-4-3-20(12-21(22)27)34-11-6-18(16-35)31-34/h2-6,9,11-14,19,35H,7-8,10,15-16H2,1H3,(H-,28,29,30,36,37)/p+1. The monoisotopic (exact) mass is 504 g/mol. The first-order valence-electron chi connectivity index (χ1n) is 11.9. The smallest absolute Gasteiger partial charge is 0.323 e. The number of fused-ring (bicyclic) bond motifs is 1. The summed E-state index contributed by atoms with van der Waals surface area (Å²) in [6, 6.07) is 11.7. The second kappa shape index (κ2) is 10.3. The highest BCUT2D eigenvalue weighted by Gasteiger charge is 2.26. The molecular weight excluding hydrogens is 477 g/mol. The zero-order valence-electron chi connectivity index (χ0n) is 20.3. The number of carbonyl (C=O) groups is 1. The molecule has 1 unspecified atom stereocenters. The molecule has 37 heavy (non-hydrogen) atoms. The van der Waals surface area contributed by atoms with E-state index in [0.29, 0.717) is 28.5 Å². The number of halogens is 1. The van der Waals surface area contributed by atoms with Crippen molar-refractivity contribution in [1.29, 1.82) is 0 Å². The lowest BCUT2D eigenvalue weighted by Crippen LogP contribution is -2.43. The van der Waals surface area contributed by atoms with E-state index < -0.39 is 11.8 Å². The molecule has 1 atom stereocenters. The Balaban J connectivity index is 1.40. The van der Waals surface area contributed by atoms with Gasteiger partial charge in [-0.3, -0.25) is 4.79 Å². The maximum absolute atomic E-state index is 14.9. The molecule has 4 aromatic rings. The van der Waals surface area contributed by atoms with Gasteiger partial charge in [-0.15, -0.1) is 0 Å². The summed E-state index contributed by atoms with van der Waals surface area (Å²) in [4.78, 5) is 22.6. The average Bonchev–Trinajstić information content (AvgIpc) is 3.38. The summed E-state index contributed by atoms with van der Waals surface area (Å²) in [5.74, 6) is -0.428. The molecule has 3 N–H and O–H groups in total. The van der Waals surface area contributed by atoms with Crippen LogP contribution in [0.4, 0.5) is 21.7 Å². The molecule has 1 aliphatic heterocycles. The van der Waals surface area contributed by atoms with Crippen LogP contribution in [0.25, 0.3) is 16.6 Å². The van der Waals surface area contributed by atoms with Gasteiger partial charge >= 0.3 is 5.97 Å². The first-order valence-corrected chi connectivity index (χ1v) is 11.9. The van der Waals surface area contributed by atoms with Gasteiger partial charge in [-0.05, 0) is 30.3 Å². The second-order valence-electron chi connectivity index (χ2n) is 8.99. The SMILES string of the molecule is C[N+]1=CCC(N(CC(=O)O)c2ccc3cnc(Nc4ccc(-n5ccc(CO)n5)cc4F)cc3n2)CC1. The van der Waals surface area contributed by atoms with Gasteiger partial charge < -0.3 is 20.4 Å². The van der Waals surface area contributed by atoms with Crippen LogP contribution in [0.1, 0.15) is 18.5 Å². The first kappa shape index (κ1) is 24.3. The van der Waals surface area contributed by atoms with Crippen LogP contribution >= 0.6 is 0 Å². The Bertz CT molecular complexity index is 1490. The average molecular weight is 505 g/mol. The van der Waals surface area contributed by atoms with Gasteiger partial charge in [0, 0.05) is 48.8 Å². The fourth-order valence-corrected chi connectivity index (χ4v) is 4.40. The molecule has 0 bridgehead atoms. The van der Waals surface area contributed by atoms with Crippen LogP contribution < -0.4 is 10.2 Å². The molecule has 4 heterocycles. The number of carboxylic acids is 1. The summed E-state index contributed by atoms with van der Waals surface area (Å²) in [7, 11) is 2.01. The third kappa shape index (κ3) is 5.41. The Morgan fingerprint density at radius 2 is 2.14 bits per heavy atom. The van der Waals surface area contributed by atoms with Crippen LogP contribution in [0, 0.1) is 5.82 Å². The Labute approximate surface area is 212 Å². The normalized spacial score (nSPS) is 15.4. The van der Waals surface area contributed by atoms with Gasteiger partial charge in [0.1, 0.15) is 43.8 Å². The van der Waals surface area contributed by atoms with Gasteiger partial charge in [0.05, 0.1) is 29.2 Å². The van der Waals surface area contributed by atoms with E-state index >= 15 is 0 Å². The highest BCUT2D eigenvalue weighted by Crippen LogP contribution is 2.26. The lowest BCUT2D eigenvalue weighted by atomic mass is 10.1. The predicted octanol–water partition coefficient (Wildman–Crippen LogP) is 2.96. The van der Waals surface area contributed by atoms with Gasteiger partial charge in [-0.1, -0.05) is 0 Å². The van der Waals surface area contributed by atoms with E-state index in [-0.39, 0.29) is 24.9 Å². The molecule has 11 heteroatoms. The molecule has 1 aromatic carbocycles. The second-order valence-corrected chi connectivity index (χ2v) is 8.99. The maximum atomic E-state index is 14.9. The minimum atomic E-state index is -0.917. The van der Waals surface area contributed by atoms with Gasteiger partial charge in [0.2, 0.25) is 0 Å². The van der Waals surface area contributed by atoms with E-state index in [2.05, 4.69) is 26.2 Å². The van der Waals surface area contributed by atoms with Gasteiger partial charge in [0.25, 0.3) is 0 Å². The lowest BCUT2D eigenvalue weighted by molar-refractivity contribution is -0.498. The van der Waals surface area contributed by atoms with E-state index in [9.17, 15) is 19.4 Å². The molecule has 1 aliphatic rings. The highest BCUT2D eigenvalue weighted by atomic mass is 19.1. The number of pyridine rings is 2. The third-order valence-electron chi connectivity index (χ3n) is 6.39. The number of nitrogens with zero attached hydrogens (tertiary/aromatic N) is 6. The Hall–Kier alpha value is -4.38. The van der Waals surface area contributed by atoms with Crippen molar-refractivity contribution in [3.05, 3.63) is 66.4 Å². The number of aromatic nitrogens is 4. The summed E-state index contributed by atoms with van der Waals surface area (Å²) >= 11 is 0. The molecule has 5 rings (SSSR count). The number of hydrogen-bond acceptors (Lipinski definition) is 7. The molecule has 0 amide bonds. The van der Waals surface area contributed by atoms with Crippen molar-refractivity contribution in [2.75, 3.05) is 30.4 Å². The molecule has 0 spiro atoms. The quantitative estimate of drug-likeness (QED) is 0.314. The lowest BCUT2D eigenvalue weighted by Gasteiger charge is -2.31. The largest absolute Gasteiger partial charge is 0.480 e. The predicted molar refractivity (Wildman–Crippen MR) is 137 cm³/mol. The van der Waals surface area contributed by atoms with Gasteiger partial charge in [-0.25, -0.2) is 23.6 Å². The summed E-state index contributed by atoms with van der Waals surface area (Å²) < 4.78 is 18.5. The molecule has 0 radical (unpaired) electrons. The van der Waals surface area contributed by atoms with Crippen LogP contribution in [0.2, 0.25) is 0 Å². The number of hydrogen-bond donors (Lipinski definition) is 3. The van der Waals surface area contributed by atoms with Crippen LogP contribution in [0.15, 0.2) is 54.9 Å². The van der Waals surface area contributed by atoms with Crippen molar-refractivity contribution < 1.29 is 24.0 Å². The third-order valence-corrected chi connectivity index (χ3v) is 6.39. The zero-order valence-corrected chi connectivity index (χ0v) is 20.3. The van der Waals surface area contributed by atoms with Gasteiger partial charge in [-0.2, -0.15) is 5.10 Å². The highest BCUT2D eigenvalue weighted by molar-refractivity contribution is 5.83. The topological polar surface area (TPSA) is 119 Å². The summed E-state index contributed by atoms with van der Waals surface area (Å²) in [6.07, 6.45) is 6.94. The summed E-state index contributed by atoms with van der Waals surface area (Å²) in [5.41, 5.74) is 1.86. The Morgan fingerprint density at radius 3 is 2.84 bits per heavy atom. The van der Waals surface area contributed by atoms with Crippen molar-refractivity contribution in [2.45, 2.75) is 25.5 Å². The molecule has 10 nitrogen and oxygen atoms in total. The zero-order chi connectivity index (χ0) is 25.9. The van der Waals surface area contributed by atoms with E-state index in [0.717, 1.165) is 24.8 Å². The van der Waals surface area contributed by atoms with E-state index in [1.165, 1.54) is 10.7 Å². The van der Waals surface area contributed by atoms with Crippen molar-refractivity contribution in [2.24, 2.45) is 0 Å². The molecule has 0 saturated heterocycles. The van der Waals surface area contributed by atoms with Crippen LogP contribution in [-0.2, 0) is 11.4 Å². The van der Waals surface area contributed by atoms with Crippen LogP contribution in [0.5, 0.6) is 0 Å². The van der Waals surface area contributed by atoms with Gasteiger partial charge in [0.15, 0.2) is 0 Å². The molecule has 3 aromatic heterocycles. The number of anilines is 3. The molecule has 190 valence electrons. The Morgan fingerprint density at radius 1 is 1.27 bits per heavy atom. The van der Waals surface area contributed by atoms with Crippen LogP contribution in [-0.4, -0.2) is 72.9 Å². The summed E-state index contributed by atoms with van der Waals surface area (Å²) in [5, 5.41) is 26.7. The fraction of sp³-hybridized carbons (Fsp3) is 0.269. The molecule has 0 aliphatic carbocycles. The number of aliphatic hydroxyl groups is 1. The number of aliphatic carboxylic acids is 1. The van der Waals surface area contributed by atoms with E-state index in [1.54, 1.807) is 36.7 Å². The van der Waals surface area contributed by atoms with Crippen LogP contribution in [0.3, 0.4) is 0 Å². The number of benzene rings is 1. The van der Waals surface area contributed by atoms with Crippen molar-refractivity contribution >= 4 is 40.4 Å². The van der Waals surface area contributed by atoms with E-state index in [4.69, 9.17) is 4.98 Å². The minimum absolute atomic E-state index is 0.0348. The fourth-order valence-electron chi connectivity index (χ4n) is 4.40. The maximum Gasteiger partial charge on any atom is 0.323 e. The number of nitrogens with one attached hydrogen (secondary N) is 1. The number of aliphatic hydroxyl groups excluding tert-OH is 1. The molecular formula is C26H27FN7O3+.